The number of amides is 3. The molecule has 0 fully saturated rings. The number of carboxylic acids is 1. The van der Waals surface area contributed by atoms with Crippen LogP contribution in [0.25, 0.3) is 0 Å². The summed E-state index contributed by atoms with van der Waals surface area (Å²) in [5.74, 6) is -3.29. The van der Waals surface area contributed by atoms with Gasteiger partial charge in [-0.05, 0) is 51.5 Å². The molecule has 0 aromatic heterocycles. The summed E-state index contributed by atoms with van der Waals surface area (Å²) in [6, 6.07) is -2.97. The highest BCUT2D eigenvalue weighted by atomic mass is 16.4. The Morgan fingerprint density at radius 1 is 0.722 bits per heavy atom. The van der Waals surface area contributed by atoms with Crippen LogP contribution in [0.5, 0.6) is 0 Å². The fraction of sp³-hybridized carbons (Fsp3) is 0.700. The average Bonchev–Trinajstić information content (AvgIpc) is 2.80. The van der Waals surface area contributed by atoms with Crippen LogP contribution in [0.15, 0.2) is 9.98 Å². The number of carbonyl (C=O) groups is 4. The number of carbonyl (C=O) groups excluding carboxylic acids is 3. The third-order valence-corrected chi connectivity index (χ3v) is 4.88. The first-order valence-corrected chi connectivity index (χ1v) is 11.6. The molecule has 206 valence electrons. The highest BCUT2D eigenvalue weighted by Crippen LogP contribution is 2.06. The third kappa shape index (κ3) is 16.0. The minimum Gasteiger partial charge on any atom is -0.480 e. The third-order valence-electron chi connectivity index (χ3n) is 4.88. The fourth-order valence-electron chi connectivity index (χ4n) is 3.02. The molecule has 16 nitrogen and oxygen atoms in total. The average molecular weight is 516 g/mol. The second-order valence-electron chi connectivity index (χ2n) is 8.02. The van der Waals surface area contributed by atoms with Gasteiger partial charge in [-0.15, -0.1) is 0 Å². The summed E-state index contributed by atoms with van der Waals surface area (Å²) in [6.07, 6.45) is 2.60. The smallest absolute Gasteiger partial charge is 0.322 e. The predicted octanol–water partition coefficient (Wildman–Crippen LogP) is -4.28. The Hall–Kier alpha value is -3.66. The molecule has 0 rings (SSSR count). The van der Waals surface area contributed by atoms with E-state index >= 15 is 0 Å². The highest BCUT2D eigenvalue weighted by molar-refractivity contribution is 5.93. The van der Waals surface area contributed by atoms with Crippen LogP contribution in [-0.2, 0) is 19.2 Å². The molecule has 0 bridgehead atoms. The standard InChI is InChI=1S/C20H41N11O5/c21-8-2-1-6-14(30-16(34)12(22)5-3-9-27-19(23)24)18(36)31-13(7-4-10-28-20(25)26)17(35)29-11-15(32)33/h12-14H,1-11,21-22H2,(H,29,35)(H,30,34)(H,31,36)(H,32,33)(H4,23,24,27)(H4,25,26,28). The van der Waals surface area contributed by atoms with Gasteiger partial charge in [0.1, 0.15) is 18.6 Å². The van der Waals surface area contributed by atoms with Crippen LogP contribution in [-0.4, -0.2) is 85.0 Å². The van der Waals surface area contributed by atoms with Crippen molar-refractivity contribution in [3.05, 3.63) is 0 Å². The second-order valence-corrected chi connectivity index (χ2v) is 8.02. The molecule has 0 aliphatic heterocycles. The van der Waals surface area contributed by atoms with Crippen LogP contribution in [0.3, 0.4) is 0 Å². The number of guanidine groups is 2. The van der Waals surface area contributed by atoms with Gasteiger partial charge in [0, 0.05) is 13.1 Å². The summed E-state index contributed by atoms with van der Waals surface area (Å²) in [5, 5.41) is 16.3. The number of nitrogens with zero attached hydrogens (tertiary/aromatic N) is 2. The van der Waals surface area contributed by atoms with Crippen LogP contribution >= 0.6 is 0 Å². The minimum absolute atomic E-state index is 0.0649. The molecule has 36 heavy (non-hydrogen) atoms. The number of unbranched alkanes of at least 4 members (excludes halogenated alkanes) is 1. The molecule has 3 amide bonds. The summed E-state index contributed by atoms with van der Waals surface area (Å²) < 4.78 is 0. The van der Waals surface area contributed by atoms with Crippen LogP contribution < -0.4 is 50.4 Å². The van der Waals surface area contributed by atoms with Gasteiger partial charge in [0.05, 0.1) is 6.04 Å². The molecule has 0 spiro atoms. The molecule has 0 radical (unpaired) electrons. The molecule has 0 aliphatic rings. The van der Waals surface area contributed by atoms with E-state index in [0.29, 0.717) is 38.8 Å². The Kier molecular flexibility index (Phi) is 16.7. The van der Waals surface area contributed by atoms with Crippen LogP contribution in [0.1, 0.15) is 44.9 Å². The van der Waals surface area contributed by atoms with Gasteiger partial charge in [0.25, 0.3) is 0 Å². The van der Waals surface area contributed by atoms with E-state index in [-0.39, 0.29) is 37.7 Å². The van der Waals surface area contributed by atoms with Crippen molar-refractivity contribution in [3.63, 3.8) is 0 Å². The van der Waals surface area contributed by atoms with E-state index in [1.54, 1.807) is 0 Å². The van der Waals surface area contributed by atoms with E-state index < -0.39 is 48.4 Å². The Balaban J connectivity index is 5.28. The summed E-state index contributed by atoms with van der Waals surface area (Å²) in [7, 11) is 0. The predicted molar refractivity (Wildman–Crippen MR) is 135 cm³/mol. The molecule has 16 heteroatoms. The molecule has 0 aromatic carbocycles. The van der Waals surface area contributed by atoms with E-state index in [1.165, 1.54) is 0 Å². The number of carboxylic acid groups (broad SMARTS) is 1. The van der Waals surface area contributed by atoms with E-state index in [2.05, 4.69) is 25.9 Å². The lowest BCUT2D eigenvalue weighted by Gasteiger charge is -2.24. The van der Waals surface area contributed by atoms with Gasteiger partial charge < -0.3 is 55.5 Å². The summed E-state index contributed by atoms with van der Waals surface area (Å²) in [6.45, 7) is 0.283. The summed E-state index contributed by atoms with van der Waals surface area (Å²) in [4.78, 5) is 56.6. The van der Waals surface area contributed by atoms with Gasteiger partial charge in [-0.1, -0.05) is 0 Å². The van der Waals surface area contributed by atoms with Gasteiger partial charge in [-0.2, -0.15) is 0 Å². The number of aliphatic carboxylic acids is 1. The Morgan fingerprint density at radius 2 is 1.22 bits per heavy atom. The molecular formula is C20H41N11O5. The van der Waals surface area contributed by atoms with Crippen molar-refractivity contribution < 1.29 is 24.3 Å². The number of nitrogens with one attached hydrogen (secondary N) is 3. The number of nitrogens with two attached hydrogens (primary N) is 6. The lowest BCUT2D eigenvalue weighted by Crippen LogP contribution is -2.56. The van der Waals surface area contributed by atoms with Crippen molar-refractivity contribution in [2.75, 3.05) is 26.2 Å². The lowest BCUT2D eigenvalue weighted by atomic mass is 10.0. The quantitative estimate of drug-likeness (QED) is 0.0445. The zero-order valence-corrected chi connectivity index (χ0v) is 20.4. The molecule has 0 saturated carbocycles. The van der Waals surface area contributed by atoms with Crippen molar-refractivity contribution in [1.82, 2.24) is 16.0 Å². The number of hydrogen-bond acceptors (Lipinski definition) is 8. The van der Waals surface area contributed by atoms with Crippen molar-refractivity contribution in [2.24, 2.45) is 44.4 Å². The number of rotatable bonds is 19. The van der Waals surface area contributed by atoms with Crippen LogP contribution in [0.2, 0.25) is 0 Å². The SMILES string of the molecule is NCCCCC(NC(=O)C(N)CCCN=C(N)N)C(=O)NC(CCCN=C(N)N)C(=O)NCC(=O)O. The van der Waals surface area contributed by atoms with E-state index in [4.69, 9.17) is 39.5 Å². The van der Waals surface area contributed by atoms with E-state index in [0.717, 1.165) is 0 Å². The van der Waals surface area contributed by atoms with Crippen molar-refractivity contribution in [2.45, 2.75) is 63.1 Å². The first-order chi connectivity index (χ1) is 17.0. The van der Waals surface area contributed by atoms with E-state index in [9.17, 15) is 19.2 Å². The lowest BCUT2D eigenvalue weighted by molar-refractivity contribution is -0.138. The first-order valence-electron chi connectivity index (χ1n) is 11.6. The van der Waals surface area contributed by atoms with Gasteiger partial charge in [0.2, 0.25) is 17.7 Å². The normalized spacial score (nSPS) is 12.9. The van der Waals surface area contributed by atoms with Crippen molar-refractivity contribution >= 4 is 35.6 Å². The van der Waals surface area contributed by atoms with Gasteiger partial charge >= 0.3 is 5.97 Å². The first kappa shape index (κ1) is 32.3. The fourth-order valence-corrected chi connectivity index (χ4v) is 3.02. The minimum atomic E-state index is -1.24. The molecule has 0 aliphatic carbocycles. The van der Waals surface area contributed by atoms with Crippen molar-refractivity contribution in [3.8, 4) is 0 Å². The zero-order valence-electron chi connectivity index (χ0n) is 20.4. The zero-order chi connectivity index (χ0) is 27.5. The summed E-state index contributed by atoms with van der Waals surface area (Å²) >= 11 is 0. The Labute approximate surface area is 210 Å². The van der Waals surface area contributed by atoms with Crippen LogP contribution in [0.4, 0.5) is 0 Å². The number of aliphatic imine (C=N–C) groups is 2. The van der Waals surface area contributed by atoms with Gasteiger partial charge in [0.15, 0.2) is 11.9 Å². The maximum absolute atomic E-state index is 13.0. The molecule has 16 N–H and O–H groups in total. The highest BCUT2D eigenvalue weighted by Gasteiger charge is 2.27. The molecule has 3 unspecified atom stereocenters. The largest absolute Gasteiger partial charge is 0.480 e. The number of hydrogen-bond donors (Lipinski definition) is 10. The monoisotopic (exact) mass is 515 g/mol. The Bertz CT molecular complexity index is 767. The molecule has 0 aromatic rings. The maximum atomic E-state index is 13.0. The van der Waals surface area contributed by atoms with E-state index in [1.807, 2.05) is 0 Å². The Morgan fingerprint density at radius 3 is 1.75 bits per heavy atom. The van der Waals surface area contributed by atoms with Crippen molar-refractivity contribution in [1.29, 1.82) is 0 Å². The summed E-state index contributed by atoms with van der Waals surface area (Å²) in [5.41, 5.74) is 32.6. The molecule has 0 heterocycles. The molecule has 0 saturated heterocycles. The molecular weight excluding hydrogens is 474 g/mol. The van der Waals surface area contributed by atoms with Gasteiger partial charge in [-0.25, -0.2) is 0 Å². The topological polar surface area (TPSA) is 305 Å². The van der Waals surface area contributed by atoms with Crippen LogP contribution in [0, 0.1) is 0 Å². The second kappa shape index (κ2) is 18.6. The van der Waals surface area contributed by atoms with Gasteiger partial charge in [-0.3, -0.25) is 29.2 Å². The molecule has 3 atom stereocenters. The maximum Gasteiger partial charge on any atom is 0.322 e.